The monoisotopic (exact) mass is 239 g/mol. The molecular formula is C12H17NO4. The molecule has 0 aliphatic rings. The normalized spacial score (nSPS) is 12.1. The summed E-state index contributed by atoms with van der Waals surface area (Å²) in [6, 6.07) is 7.56. The quantitative estimate of drug-likeness (QED) is 0.663. The van der Waals surface area contributed by atoms with Crippen molar-refractivity contribution in [2.75, 3.05) is 19.0 Å². The number of aliphatic carboxylic acids is 1. The Morgan fingerprint density at radius 3 is 2.94 bits per heavy atom. The van der Waals surface area contributed by atoms with Crippen LogP contribution in [0.2, 0.25) is 0 Å². The molecule has 0 aromatic heterocycles. The molecule has 3 N–H and O–H groups in total. The number of hydrogen-bond donors (Lipinski definition) is 3. The predicted octanol–water partition coefficient (Wildman–Crippen LogP) is 1.08. The van der Waals surface area contributed by atoms with Gasteiger partial charge in [-0.15, -0.1) is 0 Å². The number of carbonyl (C=O) groups is 1. The Hall–Kier alpha value is -1.59. The van der Waals surface area contributed by atoms with Gasteiger partial charge in [-0.2, -0.15) is 0 Å². The lowest BCUT2D eigenvalue weighted by molar-refractivity contribution is -0.138. The fourth-order valence-corrected chi connectivity index (χ4v) is 1.45. The van der Waals surface area contributed by atoms with E-state index in [-0.39, 0.29) is 13.0 Å². The van der Waals surface area contributed by atoms with Crippen LogP contribution in [0.4, 0.5) is 5.69 Å². The van der Waals surface area contributed by atoms with E-state index in [2.05, 4.69) is 5.32 Å². The first kappa shape index (κ1) is 13.5. The SMILES string of the molecule is COCc1cccc(NCC(O)CC(=O)O)c1. The number of benzene rings is 1. The van der Waals surface area contributed by atoms with Crippen molar-refractivity contribution in [3.63, 3.8) is 0 Å². The van der Waals surface area contributed by atoms with Gasteiger partial charge in [-0.1, -0.05) is 12.1 Å². The molecule has 5 nitrogen and oxygen atoms in total. The maximum atomic E-state index is 10.4. The molecule has 0 aliphatic heterocycles. The predicted molar refractivity (Wildman–Crippen MR) is 63.9 cm³/mol. The van der Waals surface area contributed by atoms with Crippen LogP contribution in [0, 0.1) is 0 Å². The van der Waals surface area contributed by atoms with E-state index >= 15 is 0 Å². The average Bonchev–Trinajstić information content (AvgIpc) is 2.26. The number of nitrogens with one attached hydrogen (secondary N) is 1. The van der Waals surface area contributed by atoms with E-state index in [1.807, 2.05) is 24.3 Å². The molecule has 1 aromatic carbocycles. The lowest BCUT2D eigenvalue weighted by atomic mass is 10.2. The minimum atomic E-state index is -1.01. The van der Waals surface area contributed by atoms with Gasteiger partial charge < -0.3 is 20.3 Å². The van der Waals surface area contributed by atoms with Crippen LogP contribution in [0.3, 0.4) is 0 Å². The lowest BCUT2D eigenvalue weighted by Gasteiger charge is -2.11. The molecule has 0 saturated heterocycles. The number of aliphatic hydroxyl groups is 1. The van der Waals surface area contributed by atoms with Crippen molar-refractivity contribution in [3.8, 4) is 0 Å². The number of anilines is 1. The van der Waals surface area contributed by atoms with Gasteiger partial charge in [-0.25, -0.2) is 0 Å². The lowest BCUT2D eigenvalue weighted by Crippen LogP contribution is -2.22. The molecule has 1 rings (SSSR count). The van der Waals surface area contributed by atoms with Gasteiger partial charge in [-0.3, -0.25) is 4.79 Å². The molecule has 0 bridgehead atoms. The molecule has 1 atom stereocenters. The van der Waals surface area contributed by atoms with Crippen molar-refractivity contribution >= 4 is 11.7 Å². The Morgan fingerprint density at radius 2 is 2.29 bits per heavy atom. The topological polar surface area (TPSA) is 78.8 Å². The number of rotatable bonds is 7. The van der Waals surface area contributed by atoms with E-state index < -0.39 is 12.1 Å². The summed E-state index contributed by atoms with van der Waals surface area (Å²) in [4.78, 5) is 10.4. The van der Waals surface area contributed by atoms with Gasteiger partial charge in [0, 0.05) is 19.3 Å². The van der Waals surface area contributed by atoms with Gasteiger partial charge in [0.05, 0.1) is 19.1 Å². The number of hydrogen-bond acceptors (Lipinski definition) is 4. The number of methoxy groups -OCH3 is 1. The van der Waals surface area contributed by atoms with Crippen LogP contribution in [0.1, 0.15) is 12.0 Å². The van der Waals surface area contributed by atoms with Gasteiger partial charge in [0.25, 0.3) is 0 Å². The van der Waals surface area contributed by atoms with Crippen molar-refractivity contribution in [3.05, 3.63) is 29.8 Å². The van der Waals surface area contributed by atoms with Gasteiger partial charge in [0.2, 0.25) is 0 Å². The summed E-state index contributed by atoms with van der Waals surface area (Å²) in [7, 11) is 1.62. The second-order valence-electron chi connectivity index (χ2n) is 3.77. The van der Waals surface area contributed by atoms with Crippen LogP contribution in [-0.2, 0) is 16.1 Å². The first-order valence-corrected chi connectivity index (χ1v) is 5.33. The summed E-state index contributed by atoms with van der Waals surface area (Å²) in [6.45, 7) is 0.732. The fourth-order valence-electron chi connectivity index (χ4n) is 1.45. The summed E-state index contributed by atoms with van der Waals surface area (Å²) in [5.41, 5.74) is 1.86. The zero-order chi connectivity index (χ0) is 12.7. The summed E-state index contributed by atoms with van der Waals surface area (Å²) < 4.78 is 5.01. The minimum Gasteiger partial charge on any atom is -0.481 e. The fraction of sp³-hybridized carbons (Fsp3) is 0.417. The second kappa shape index (κ2) is 6.88. The second-order valence-corrected chi connectivity index (χ2v) is 3.77. The number of carboxylic acids is 1. The summed E-state index contributed by atoms with van der Waals surface area (Å²) >= 11 is 0. The maximum absolute atomic E-state index is 10.4. The molecule has 1 unspecified atom stereocenters. The maximum Gasteiger partial charge on any atom is 0.306 e. The third-order valence-corrected chi connectivity index (χ3v) is 2.19. The molecule has 1 aromatic rings. The minimum absolute atomic E-state index is 0.211. The Kier molecular flexibility index (Phi) is 5.45. The van der Waals surface area contributed by atoms with E-state index in [0.29, 0.717) is 6.61 Å². The molecule has 0 amide bonds. The average molecular weight is 239 g/mol. The van der Waals surface area contributed by atoms with Crippen LogP contribution in [0.15, 0.2) is 24.3 Å². The molecule has 5 heteroatoms. The Balaban J connectivity index is 2.45. The van der Waals surface area contributed by atoms with Gasteiger partial charge in [-0.05, 0) is 17.7 Å². The molecule has 0 aliphatic carbocycles. The third kappa shape index (κ3) is 5.33. The van der Waals surface area contributed by atoms with Crippen LogP contribution in [0.25, 0.3) is 0 Å². The van der Waals surface area contributed by atoms with Crippen LogP contribution >= 0.6 is 0 Å². The van der Waals surface area contributed by atoms with Crippen molar-refractivity contribution in [1.82, 2.24) is 0 Å². The highest BCUT2D eigenvalue weighted by molar-refractivity contribution is 5.67. The van der Waals surface area contributed by atoms with E-state index in [4.69, 9.17) is 9.84 Å². The number of aliphatic hydroxyl groups excluding tert-OH is 1. The van der Waals surface area contributed by atoms with Gasteiger partial charge in [0.15, 0.2) is 0 Å². The van der Waals surface area contributed by atoms with Crippen molar-refractivity contribution in [1.29, 1.82) is 0 Å². The summed E-state index contributed by atoms with van der Waals surface area (Å²) in [6.07, 6.45) is -1.15. The highest BCUT2D eigenvalue weighted by atomic mass is 16.5. The van der Waals surface area contributed by atoms with Crippen molar-refractivity contribution in [2.24, 2.45) is 0 Å². The molecular weight excluding hydrogens is 222 g/mol. The van der Waals surface area contributed by atoms with Gasteiger partial charge >= 0.3 is 5.97 Å². The third-order valence-electron chi connectivity index (χ3n) is 2.19. The molecule has 0 radical (unpaired) electrons. The first-order valence-electron chi connectivity index (χ1n) is 5.33. The standard InChI is InChI=1S/C12H17NO4/c1-17-8-9-3-2-4-10(5-9)13-7-11(14)6-12(15)16/h2-5,11,13-14H,6-8H2,1H3,(H,15,16). The van der Waals surface area contributed by atoms with Crippen LogP contribution < -0.4 is 5.32 Å². The molecule has 17 heavy (non-hydrogen) atoms. The van der Waals surface area contributed by atoms with E-state index in [1.165, 1.54) is 0 Å². The Labute approximate surface area is 100 Å². The van der Waals surface area contributed by atoms with E-state index in [1.54, 1.807) is 7.11 Å². The van der Waals surface area contributed by atoms with Crippen molar-refractivity contribution in [2.45, 2.75) is 19.1 Å². The van der Waals surface area contributed by atoms with Crippen molar-refractivity contribution < 1.29 is 19.7 Å². The van der Waals surface area contributed by atoms with Gasteiger partial charge in [0.1, 0.15) is 0 Å². The molecule has 0 heterocycles. The zero-order valence-electron chi connectivity index (χ0n) is 9.72. The van der Waals surface area contributed by atoms with E-state index in [0.717, 1.165) is 11.3 Å². The Morgan fingerprint density at radius 1 is 1.53 bits per heavy atom. The first-order chi connectivity index (χ1) is 8.11. The number of ether oxygens (including phenoxy) is 1. The molecule has 0 fully saturated rings. The summed E-state index contributed by atoms with van der Waals surface area (Å²) in [5.74, 6) is -1.01. The summed E-state index contributed by atoms with van der Waals surface area (Å²) in [5, 5.41) is 20.9. The smallest absolute Gasteiger partial charge is 0.306 e. The van der Waals surface area contributed by atoms with Crippen LogP contribution in [-0.4, -0.2) is 35.9 Å². The van der Waals surface area contributed by atoms with E-state index in [9.17, 15) is 9.90 Å². The zero-order valence-corrected chi connectivity index (χ0v) is 9.72. The highest BCUT2D eigenvalue weighted by Gasteiger charge is 2.08. The highest BCUT2D eigenvalue weighted by Crippen LogP contribution is 2.11. The Bertz CT molecular complexity index is 367. The molecule has 0 spiro atoms. The number of carboxylic acid groups (broad SMARTS) is 1. The largest absolute Gasteiger partial charge is 0.481 e. The molecule has 94 valence electrons. The van der Waals surface area contributed by atoms with Crippen LogP contribution in [0.5, 0.6) is 0 Å². The molecule has 0 saturated carbocycles.